The molecule has 1 aromatic carbocycles. The zero-order valence-corrected chi connectivity index (χ0v) is 10.9. The Labute approximate surface area is 122 Å². The van der Waals surface area contributed by atoms with Crippen molar-refractivity contribution in [3.05, 3.63) is 34.9 Å². The van der Waals surface area contributed by atoms with E-state index < -0.39 is 35.6 Å². The van der Waals surface area contributed by atoms with Gasteiger partial charge in [0.25, 0.3) is 0 Å². The zero-order valence-electron chi connectivity index (χ0n) is 10.1. The molecule has 0 radical (unpaired) electrons. The molecule has 0 aliphatic carbocycles. The van der Waals surface area contributed by atoms with Crippen molar-refractivity contribution in [2.45, 2.75) is 30.0 Å². The second-order valence-corrected chi connectivity index (χ2v) is 4.66. The Balaban J connectivity index is 3.29. The lowest BCUT2D eigenvalue weighted by Gasteiger charge is -2.35. The van der Waals surface area contributed by atoms with Crippen molar-refractivity contribution >= 4 is 11.6 Å². The van der Waals surface area contributed by atoms with Gasteiger partial charge in [-0.3, -0.25) is 0 Å². The first kappa shape index (κ1) is 18.9. The molecule has 11 heteroatoms. The minimum Gasteiger partial charge on any atom is -0.382 e. The van der Waals surface area contributed by atoms with E-state index in [4.69, 9.17) is 16.7 Å². The summed E-state index contributed by atoms with van der Waals surface area (Å²) in [6.07, 6.45) is -10.5. The molecule has 0 amide bonds. The highest BCUT2D eigenvalue weighted by atomic mass is 35.5. The minimum atomic E-state index is -7.04. The molecular weight excluding hydrogens is 355 g/mol. The van der Waals surface area contributed by atoms with Crippen LogP contribution in [0.4, 0.5) is 39.5 Å². The molecule has 0 saturated heterocycles. The molecule has 0 fully saturated rings. The largest absolute Gasteiger partial charge is 0.460 e. The first-order valence-electron chi connectivity index (χ1n) is 5.30. The Morgan fingerprint density at radius 1 is 0.773 bits per heavy atom. The zero-order chi connectivity index (χ0) is 17.6. The van der Waals surface area contributed by atoms with E-state index in [-0.39, 0.29) is 5.02 Å². The minimum absolute atomic E-state index is 0.0633. The van der Waals surface area contributed by atoms with Crippen LogP contribution >= 0.6 is 11.6 Å². The van der Waals surface area contributed by atoms with E-state index in [2.05, 4.69) is 0 Å². The van der Waals surface area contributed by atoms with Gasteiger partial charge in [-0.2, -0.15) is 39.5 Å². The number of benzene rings is 1. The van der Waals surface area contributed by atoms with Crippen molar-refractivity contribution in [2.24, 2.45) is 0 Å². The Morgan fingerprint density at radius 3 is 1.55 bits per heavy atom. The average Bonchev–Trinajstić information content (AvgIpc) is 2.37. The van der Waals surface area contributed by atoms with Crippen molar-refractivity contribution in [3.8, 4) is 0 Å². The second kappa shape index (κ2) is 5.48. The highest BCUT2D eigenvalue weighted by Gasteiger charge is 2.83. The van der Waals surface area contributed by atoms with Gasteiger partial charge in [0.2, 0.25) is 0 Å². The van der Waals surface area contributed by atoms with Crippen LogP contribution in [0.3, 0.4) is 0 Å². The number of alkyl halides is 9. The van der Waals surface area contributed by atoms with Crippen LogP contribution in [0.25, 0.3) is 0 Å². The van der Waals surface area contributed by atoms with Crippen LogP contribution in [-0.4, -0.2) is 29.1 Å². The highest BCUT2D eigenvalue weighted by molar-refractivity contribution is 6.30. The smallest absolute Gasteiger partial charge is 0.382 e. The number of hydrogen-bond donors (Lipinski definition) is 1. The summed E-state index contributed by atoms with van der Waals surface area (Å²) in [5.74, 6) is -20.0. The van der Waals surface area contributed by atoms with Gasteiger partial charge in [0.1, 0.15) is 6.10 Å². The highest BCUT2D eigenvalue weighted by Crippen LogP contribution is 2.56. The van der Waals surface area contributed by atoms with E-state index in [1.807, 2.05) is 0 Å². The van der Waals surface area contributed by atoms with Crippen molar-refractivity contribution in [1.82, 2.24) is 0 Å². The molecular formula is C11H6ClF9O. The van der Waals surface area contributed by atoms with Gasteiger partial charge in [-0.25, -0.2) is 0 Å². The fraction of sp³-hybridized carbons (Fsp3) is 0.455. The van der Waals surface area contributed by atoms with Crippen molar-refractivity contribution in [2.75, 3.05) is 0 Å². The van der Waals surface area contributed by atoms with E-state index in [9.17, 15) is 39.5 Å². The van der Waals surface area contributed by atoms with Crippen LogP contribution in [-0.2, 0) is 0 Å². The molecule has 22 heavy (non-hydrogen) atoms. The van der Waals surface area contributed by atoms with E-state index in [1.54, 1.807) is 0 Å². The molecule has 0 aromatic heterocycles. The number of aliphatic hydroxyl groups excluding tert-OH is 1. The summed E-state index contributed by atoms with van der Waals surface area (Å²) in [5.41, 5.74) is -1.01. The van der Waals surface area contributed by atoms with Gasteiger partial charge in [0, 0.05) is 5.02 Å². The normalized spacial score (nSPS) is 15.8. The lowest BCUT2D eigenvalue weighted by atomic mass is 9.94. The Morgan fingerprint density at radius 2 is 1.18 bits per heavy atom. The fourth-order valence-corrected chi connectivity index (χ4v) is 1.54. The van der Waals surface area contributed by atoms with Gasteiger partial charge in [0.15, 0.2) is 0 Å². The lowest BCUT2D eigenvalue weighted by Crippen LogP contribution is -2.62. The maximum absolute atomic E-state index is 13.4. The SMILES string of the molecule is OC(c1ccc(Cl)cc1)C(F)(F)C(F)(F)C(F)(F)C(F)(F)F. The first-order chi connectivity index (χ1) is 9.66. The third-order valence-corrected chi connectivity index (χ3v) is 2.95. The molecule has 1 unspecified atom stereocenters. The molecule has 0 aliphatic rings. The molecule has 1 rings (SSSR count). The fourth-order valence-electron chi connectivity index (χ4n) is 1.41. The Kier molecular flexibility index (Phi) is 4.71. The molecule has 126 valence electrons. The summed E-state index contributed by atoms with van der Waals surface area (Å²) in [6.45, 7) is 0. The van der Waals surface area contributed by atoms with Gasteiger partial charge in [0.05, 0.1) is 0 Å². The summed E-state index contributed by atoms with van der Waals surface area (Å²) in [4.78, 5) is 0. The Hall–Kier alpha value is -1.16. The van der Waals surface area contributed by atoms with E-state index >= 15 is 0 Å². The molecule has 0 heterocycles. The molecule has 1 N–H and O–H groups in total. The average molecular weight is 361 g/mol. The predicted octanol–water partition coefficient (Wildman–Crippen LogP) is 4.84. The van der Waals surface area contributed by atoms with Crippen LogP contribution in [0.2, 0.25) is 5.02 Å². The van der Waals surface area contributed by atoms with Crippen LogP contribution in [0.15, 0.2) is 24.3 Å². The van der Waals surface area contributed by atoms with Crippen LogP contribution in [0.5, 0.6) is 0 Å². The standard InChI is InChI=1S/C11H6ClF9O/c12-6-3-1-5(2-4-6)7(22)8(13,14)9(15,16)10(17,18)11(19,20)21/h1-4,7,22H. The summed E-state index contributed by atoms with van der Waals surface area (Å²) in [5, 5.41) is 9.07. The van der Waals surface area contributed by atoms with Gasteiger partial charge < -0.3 is 5.11 Å². The summed E-state index contributed by atoms with van der Waals surface area (Å²) in [7, 11) is 0. The maximum atomic E-state index is 13.4. The quantitative estimate of drug-likeness (QED) is 0.762. The van der Waals surface area contributed by atoms with Crippen LogP contribution in [0, 0.1) is 0 Å². The number of hydrogen-bond acceptors (Lipinski definition) is 1. The molecule has 0 saturated carbocycles. The van der Waals surface area contributed by atoms with E-state index in [1.165, 1.54) is 0 Å². The molecule has 0 aliphatic heterocycles. The first-order valence-corrected chi connectivity index (χ1v) is 5.67. The number of halogens is 10. The van der Waals surface area contributed by atoms with Crippen molar-refractivity contribution in [1.29, 1.82) is 0 Å². The molecule has 0 spiro atoms. The van der Waals surface area contributed by atoms with E-state index in [0.717, 1.165) is 12.1 Å². The Bertz CT molecular complexity index is 523. The summed E-state index contributed by atoms with van der Waals surface area (Å²) < 4.78 is 114. The molecule has 1 nitrogen and oxygen atoms in total. The van der Waals surface area contributed by atoms with Crippen molar-refractivity contribution < 1.29 is 44.6 Å². The molecule has 1 atom stereocenters. The number of aliphatic hydroxyl groups is 1. The second-order valence-electron chi connectivity index (χ2n) is 4.22. The molecule has 0 bridgehead atoms. The number of rotatable bonds is 4. The third-order valence-electron chi connectivity index (χ3n) is 2.70. The van der Waals surface area contributed by atoms with E-state index in [0.29, 0.717) is 12.1 Å². The van der Waals surface area contributed by atoms with Crippen LogP contribution < -0.4 is 0 Å². The summed E-state index contributed by atoms with van der Waals surface area (Å²) in [6, 6.07) is 2.89. The lowest BCUT2D eigenvalue weighted by molar-refractivity contribution is -0.406. The van der Waals surface area contributed by atoms with Gasteiger partial charge >= 0.3 is 23.9 Å². The van der Waals surface area contributed by atoms with Gasteiger partial charge in [-0.15, -0.1) is 0 Å². The van der Waals surface area contributed by atoms with Crippen molar-refractivity contribution in [3.63, 3.8) is 0 Å². The van der Waals surface area contributed by atoms with Crippen LogP contribution in [0.1, 0.15) is 11.7 Å². The third kappa shape index (κ3) is 2.85. The monoisotopic (exact) mass is 360 g/mol. The topological polar surface area (TPSA) is 20.2 Å². The summed E-state index contributed by atoms with van der Waals surface area (Å²) >= 11 is 5.37. The van der Waals surface area contributed by atoms with Gasteiger partial charge in [-0.05, 0) is 17.7 Å². The van der Waals surface area contributed by atoms with Gasteiger partial charge in [-0.1, -0.05) is 23.7 Å². The predicted molar refractivity (Wildman–Crippen MR) is 57.3 cm³/mol. The maximum Gasteiger partial charge on any atom is 0.460 e. The molecule has 1 aromatic rings.